The lowest BCUT2D eigenvalue weighted by atomic mass is 9.96. The summed E-state index contributed by atoms with van der Waals surface area (Å²) in [7, 11) is -2.05. The zero-order valence-electron chi connectivity index (χ0n) is 12.3. The van der Waals surface area contributed by atoms with Gasteiger partial charge in [0.15, 0.2) is 0 Å². The summed E-state index contributed by atoms with van der Waals surface area (Å²) in [6.07, 6.45) is 0. The van der Waals surface area contributed by atoms with E-state index in [0.717, 1.165) is 5.56 Å². The molecule has 5 heteroatoms. The van der Waals surface area contributed by atoms with Crippen LogP contribution in [0.15, 0.2) is 59.5 Å². The molecule has 0 bridgehead atoms. The van der Waals surface area contributed by atoms with Crippen LogP contribution in [0.5, 0.6) is 5.75 Å². The summed E-state index contributed by atoms with van der Waals surface area (Å²) in [6, 6.07) is 15.8. The standard InChI is InChI=1S/C16H19NO3S/c1-16(2,13-7-5-4-6-8-13)17-21(18,19)15-11-9-14(20-3)10-12-15/h4-12,17H,1-3H3. The molecule has 0 saturated carbocycles. The van der Waals surface area contributed by atoms with E-state index in [9.17, 15) is 8.42 Å². The van der Waals surface area contributed by atoms with Crippen LogP contribution in [0.1, 0.15) is 19.4 Å². The normalized spacial score (nSPS) is 12.1. The van der Waals surface area contributed by atoms with E-state index >= 15 is 0 Å². The van der Waals surface area contributed by atoms with E-state index in [4.69, 9.17) is 4.74 Å². The summed E-state index contributed by atoms with van der Waals surface area (Å²) in [5.74, 6) is 0.622. The summed E-state index contributed by atoms with van der Waals surface area (Å²) >= 11 is 0. The predicted molar refractivity (Wildman–Crippen MR) is 82.8 cm³/mol. The fourth-order valence-electron chi connectivity index (χ4n) is 2.06. The van der Waals surface area contributed by atoms with Crippen molar-refractivity contribution in [1.82, 2.24) is 4.72 Å². The lowest BCUT2D eigenvalue weighted by Gasteiger charge is -2.26. The van der Waals surface area contributed by atoms with Crippen LogP contribution in [0, 0.1) is 0 Å². The number of hydrogen-bond acceptors (Lipinski definition) is 3. The Balaban J connectivity index is 2.28. The Kier molecular flexibility index (Phi) is 4.34. The first-order valence-corrected chi connectivity index (χ1v) is 8.07. The van der Waals surface area contributed by atoms with E-state index in [-0.39, 0.29) is 4.90 Å². The summed E-state index contributed by atoms with van der Waals surface area (Å²) in [6.45, 7) is 3.67. The molecule has 0 saturated heterocycles. The Hall–Kier alpha value is -1.85. The zero-order chi connectivity index (χ0) is 15.5. The highest BCUT2D eigenvalue weighted by atomic mass is 32.2. The van der Waals surface area contributed by atoms with Crippen molar-refractivity contribution in [2.45, 2.75) is 24.3 Å². The lowest BCUT2D eigenvalue weighted by Crippen LogP contribution is -2.40. The molecular formula is C16H19NO3S. The van der Waals surface area contributed by atoms with Gasteiger partial charge in [0.2, 0.25) is 10.0 Å². The second kappa shape index (κ2) is 5.87. The third-order valence-electron chi connectivity index (χ3n) is 3.25. The average molecular weight is 305 g/mol. The minimum absolute atomic E-state index is 0.215. The molecule has 0 amide bonds. The molecule has 0 spiro atoms. The Labute approximate surface area is 125 Å². The molecule has 0 heterocycles. The second-order valence-corrected chi connectivity index (χ2v) is 6.95. The van der Waals surface area contributed by atoms with Crippen LogP contribution in [0.25, 0.3) is 0 Å². The number of nitrogens with one attached hydrogen (secondary N) is 1. The fourth-order valence-corrected chi connectivity index (χ4v) is 3.47. The largest absolute Gasteiger partial charge is 0.497 e. The molecular weight excluding hydrogens is 286 g/mol. The quantitative estimate of drug-likeness (QED) is 0.924. The van der Waals surface area contributed by atoms with Gasteiger partial charge in [-0.1, -0.05) is 30.3 Å². The van der Waals surface area contributed by atoms with Gasteiger partial charge in [0.1, 0.15) is 5.75 Å². The van der Waals surface area contributed by atoms with Crippen molar-refractivity contribution in [2.75, 3.05) is 7.11 Å². The van der Waals surface area contributed by atoms with Gasteiger partial charge in [0, 0.05) is 0 Å². The van der Waals surface area contributed by atoms with Crippen molar-refractivity contribution in [3.05, 3.63) is 60.2 Å². The predicted octanol–water partition coefficient (Wildman–Crippen LogP) is 2.91. The summed E-state index contributed by atoms with van der Waals surface area (Å²) in [5.41, 5.74) is 0.210. The van der Waals surface area contributed by atoms with E-state index in [2.05, 4.69) is 4.72 Å². The molecule has 2 aromatic carbocycles. The summed E-state index contributed by atoms with van der Waals surface area (Å²) in [4.78, 5) is 0.215. The van der Waals surface area contributed by atoms with Gasteiger partial charge < -0.3 is 4.74 Å². The van der Waals surface area contributed by atoms with Crippen molar-refractivity contribution < 1.29 is 13.2 Å². The number of rotatable bonds is 5. The maximum Gasteiger partial charge on any atom is 0.241 e. The van der Waals surface area contributed by atoms with Crippen LogP contribution < -0.4 is 9.46 Å². The topological polar surface area (TPSA) is 55.4 Å². The molecule has 0 aliphatic rings. The molecule has 2 aromatic rings. The molecule has 0 atom stereocenters. The van der Waals surface area contributed by atoms with Crippen LogP contribution in [0.2, 0.25) is 0 Å². The Morgan fingerprint density at radius 1 is 0.952 bits per heavy atom. The van der Waals surface area contributed by atoms with Gasteiger partial charge in [-0.25, -0.2) is 13.1 Å². The average Bonchev–Trinajstić information content (AvgIpc) is 2.47. The van der Waals surface area contributed by atoms with Crippen LogP contribution in [-0.4, -0.2) is 15.5 Å². The monoisotopic (exact) mass is 305 g/mol. The first-order chi connectivity index (χ1) is 9.85. The number of hydrogen-bond donors (Lipinski definition) is 1. The van der Waals surface area contributed by atoms with Gasteiger partial charge in [0.25, 0.3) is 0 Å². The van der Waals surface area contributed by atoms with Gasteiger partial charge in [-0.05, 0) is 43.7 Å². The lowest BCUT2D eigenvalue weighted by molar-refractivity contribution is 0.414. The third-order valence-corrected chi connectivity index (χ3v) is 4.93. The van der Waals surface area contributed by atoms with Gasteiger partial charge in [-0.3, -0.25) is 0 Å². The van der Waals surface area contributed by atoms with Crippen molar-refractivity contribution >= 4 is 10.0 Å². The molecule has 0 fully saturated rings. The highest BCUT2D eigenvalue weighted by Crippen LogP contribution is 2.23. The highest BCUT2D eigenvalue weighted by molar-refractivity contribution is 7.89. The Morgan fingerprint density at radius 2 is 1.52 bits per heavy atom. The second-order valence-electron chi connectivity index (χ2n) is 5.27. The maximum absolute atomic E-state index is 12.5. The fraction of sp³-hybridized carbons (Fsp3) is 0.250. The number of benzene rings is 2. The molecule has 0 aliphatic carbocycles. The molecule has 2 rings (SSSR count). The molecule has 21 heavy (non-hydrogen) atoms. The first-order valence-electron chi connectivity index (χ1n) is 6.59. The van der Waals surface area contributed by atoms with Gasteiger partial charge >= 0.3 is 0 Å². The Morgan fingerprint density at radius 3 is 2.05 bits per heavy atom. The molecule has 0 aliphatic heterocycles. The SMILES string of the molecule is COc1ccc(S(=O)(=O)NC(C)(C)c2ccccc2)cc1. The van der Waals surface area contributed by atoms with E-state index in [0.29, 0.717) is 5.75 Å². The van der Waals surface area contributed by atoms with E-state index in [1.54, 1.807) is 19.2 Å². The number of methoxy groups -OCH3 is 1. The minimum atomic E-state index is -3.60. The molecule has 0 radical (unpaired) electrons. The molecule has 112 valence electrons. The van der Waals surface area contributed by atoms with Crippen molar-refractivity contribution in [3.63, 3.8) is 0 Å². The van der Waals surface area contributed by atoms with Crippen molar-refractivity contribution in [1.29, 1.82) is 0 Å². The highest BCUT2D eigenvalue weighted by Gasteiger charge is 2.27. The van der Waals surface area contributed by atoms with Gasteiger partial charge in [-0.15, -0.1) is 0 Å². The van der Waals surface area contributed by atoms with Crippen LogP contribution in [-0.2, 0) is 15.6 Å². The van der Waals surface area contributed by atoms with Crippen LogP contribution >= 0.6 is 0 Å². The van der Waals surface area contributed by atoms with E-state index in [1.165, 1.54) is 12.1 Å². The minimum Gasteiger partial charge on any atom is -0.497 e. The van der Waals surface area contributed by atoms with Crippen molar-refractivity contribution in [3.8, 4) is 5.75 Å². The van der Waals surface area contributed by atoms with Crippen molar-refractivity contribution in [2.24, 2.45) is 0 Å². The molecule has 4 nitrogen and oxygen atoms in total. The smallest absolute Gasteiger partial charge is 0.241 e. The molecule has 1 N–H and O–H groups in total. The van der Waals surface area contributed by atoms with Gasteiger partial charge in [0.05, 0.1) is 17.5 Å². The number of ether oxygens (including phenoxy) is 1. The Bertz CT molecular complexity index is 692. The summed E-state index contributed by atoms with van der Waals surface area (Å²) < 4.78 is 32.7. The number of sulfonamides is 1. The van der Waals surface area contributed by atoms with E-state index < -0.39 is 15.6 Å². The van der Waals surface area contributed by atoms with E-state index in [1.807, 2.05) is 44.2 Å². The van der Waals surface area contributed by atoms with Crippen LogP contribution in [0.4, 0.5) is 0 Å². The zero-order valence-corrected chi connectivity index (χ0v) is 13.1. The molecule has 0 unspecified atom stereocenters. The van der Waals surface area contributed by atoms with Gasteiger partial charge in [-0.2, -0.15) is 0 Å². The maximum atomic E-state index is 12.5. The first kappa shape index (κ1) is 15.5. The molecule has 0 aromatic heterocycles. The summed E-state index contributed by atoms with van der Waals surface area (Å²) in [5, 5.41) is 0. The third kappa shape index (κ3) is 3.62. The van der Waals surface area contributed by atoms with Crippen LogP contribution in [0.3, 0.4) is 0 Å².